The van der Waals surface area contributed by atoms with Crippen molar-refractivity contribution < 1.29 is 4.79 Å². The van der Waals surface area contributed by atoms with Gasteiger partial charge < -0.3 is 4.90 Å². The van der Waals surface area contributed by atoms with E-state index in [1.54, 1.807) is 0 Å². The van der Waals surface area contributed by atoms with Crippen molar-refractivity contribution in [2.45, 2.75) is 6.92 Å². The monoisotopic (exact) mass is 278 g/mol. The second-order valence-electron chi connectivity index (χ2n) is 4.62. The quantitative estimate of drug-likeness (QED) is 0.740. The Morgan fingerprint density at radius 1 is 1.19 bits per heavy atom. The van der Waals surface area contributed by atoms with E-state index in [9.17, 15) is 4.79 Å². The van der Waals surface area contributed by atoms with Crippen molar-refractivity contribution in [1.29, 1.82) is 0 Å². The fraction of sp³-hybridized carbons (Fsp3) is 0.111. The van der Waals surface area contributed by atoms with Crippen LogP contribution in [0.15, 0.2) is 89.8 Å². The molecule has 3 nitrogen and oxygen atoms in total. The molecule has 3 heteroatoms. The predicted molar refractivity (Wildman–Crippen MR) is 87.7 cm³/mol. The maximum atomic E-state index is 10.9. The van der Waals surface area contributed by atoms with Crippen LogP contribution in [0.4, 0.5) is 0 Å². The van der Waals surface area contributed by atoms with Crippen LogP contribution < -0.4 is 0 Å². The zero-order valence-electron chi connectivity index (χ0n) is 12.1. The van der Waals surface area contributed by atoms with E-state index in [1.165, 1.54) is 6.92 Å². The minimum absolute atomic E-state index is 0.187. The van der Waals surface area contributed by atoms with E-state index in [0.29, 0.717) is 5.71 Å². The third kappa shape index (κ3) is 4.42. The highest BCUT2D eigenvalue weighted by Gasteiger charge is 2.04. The Hall–Kier alpha value is -2.68. The minimum atomic E-state index is -0.187. The van der Waals surface area contributed by atoms with Crippen LogP contribution in [0.5, 0.6) is 0 Å². The Kier molecular flexibility index (Phi) is 5.04. The maximum Gasteiger partial charge on any atom is 0.243 e. The fourth-order valence-corrected chi connectivity index (χ4v) is 1.97. The number of nitrogens with zero attached hydrogens (tertiary/aromatic N) is 2. The highest BCUT2D eigenvalue weighted by molar-refractivity contribution is 6.10. The van der Waals surface area contributed by atoms with Gasteiger partial charge in [0, 0.05) is 25.4 Å². The van der Waals surface area contributed by atoms with E-state index in [-0.39, 0.29) is 5.91 Å². The van der Waals surface area contributed by atoms with Crippen LogP contribution in [0.25, 0.3) is 0 Å². The number of hydrogen-bond donors (Lipinski definition) is 0. The van der Waals surface area contributed by atoms with Crippen molar-refractivity contribution in [3.05, 3.63) is 84.8 Å². The lowest BCUT2D eigenvalue weighted by molar-refractivity contribution is -0.115. The highest BCUT2D eigenvalue weighted by atomic mass is 16.1. The molecule has 2 rings (SSSR count). The van der Waals surface area contributed by atoms with E-state index in [1.807, 2.05) is 54.8 Å². The van der Waals surface area contributed by atoms with Gasteiger partial charge in [0.25, 0.3) is 0 Å². The van der Waals surface area contributed by atoms with E-state index < -0.39 is 0 Å². The van der Waals surface area contributed by atoms with Crippen LogP contribution in [-0.2, 0) is 4.79 Å². The van der Waals surface area contributed by atoms with Crippen LogP contribution in [0.3, 0.4) is 0 Å². The minimum Gasteiger partial charge on any atom is -0.344 e. The van der Waals surface area contributed by atoms with E-state index in [2.05, 4.69) is 28.6 Å². The molecule has 0 aromatic heterocycles. The Morgan fingerprint density at radius 2 is 1.95 bits per heavy atom. The summed E-state index contributed by atoms with van der Waals surface area (Å²) >= 11 is 0. The van der Waals surface area contributed by atoms with Gasteiger partial charge in [-0.2, -0.15) is 0 Å². The van der Waals surface area contributed by atoms with Crippen molar-refractivity contribution in [2.24, 2.45) is 4.99 Å². The van der Waals surface area contributed by atoms with E-state index in [4.69, 9.17) is 0 Å². The number of amides is 1. The molecule has 1 aliphatic carbocycles. The Labute approximate surface area is 125 Å². The second-order valence-corrected chi connectivity index (χ2v) is 4.62. The van der Waals surface area contributed by atoms with Crippen LogP contribution in [0.1, 0.15) is 6.92 Å². The summed E-state index contributed by atoms with van der Waals surface area (Å²) in [4.78, 5) is 16.9. The first-order chi connectivity index (χ1) is 10.2. The molecular weight excluding hydrogens is 260 g/mol. The molecule has 0 N–H and O–H groups in total. The average molecular weight is 278 g/mol. The van der Waals surface area contributed by atoms with Gasteiger partial charge in [-0.05, 0) is 36.0 Å². The first-order valence-corrected chi connectivity index (χ1v) is 6.79. The highest BCUT2D eigenvalue weighted by Crippen LogP contribution is 2.14. The summed E-state index contributed by atoms with van der Waals surface area (Å²) in [5, 5.41) is 0. The largest absolute Gasteiger partial charge is 0.344 e. The Bertz CT molecular complexity index is 622. The van der Waals surface area contributed by atoms with Crippen molar-refractivity contribution in [3.63, 3.8) is 0 Å². The standard InChI is InChI=1S/C18H18N2O/c1-3-13-20-14-5-4-6-18(20)12-9-16-7-10-17(11-8-16)19-15(2)21/h3-12,14H,1,13H2,2H3/b16-9?,18-12+,19-17?. The molecule has 1 aliphatic heterocycles. The topological polar surface area (TPSA) is 32.7 Å². The summed E-state index contributed by atoms with van der Waals surface area (Å²) < 4.78 is 0. The van der Waals surface area contributed by atoms with Gasteiger partial charge in [-0.25, -0.2) is 4.99 Å². The average Bonchev–Trinajstić information content (AvgIpc) is 2.48. The molecular formula is C18H18N2O. The zero-order chi connectivity index (χ0) is 15.1. The Balaban J connectivity index is 2.11. The molecule has 1 heterocycles. The third-order valence-corrected chi connectivity index (χ3v) is 2.93. The van der Waals surface area contributed by atoms with Gasteiger partial charge in [0.05, 0.1) is 5.71 Å². The van der Waals surface area contributed by atoms with Crippen molar-refractivity contribution >= 4 is 11.6 Å². The Morgan fingerprint density at radius 3 is 2.62 bits per heavy atom. The van der Waals surface area contributed by atoms with Crippen LogP contribution >= 0.6 is 0 Å². The smallest absolute Gasteiger partial charge is 0.243 e. The summed E-state index contributed by atoms with van der Waals surface area (Å²) in [6.45, 7) is 5.99. The first kappa shape index (κ1) is 14.7. The molecule has 0 unspecified atom stereocenters. The molecule has 2 aliphatic rings. The molecule has 0 spiro atoms. The van der Waals surface area contributed by atoms with Gasteiger partial charge in [-0.15, -0.1) is 6.58 Å². The summed E-state index contributed by atoms with van der Waals surface area (Å²) in [6.07, 6.45) is 21.6. The van der Waals surface area contributed by atoms with Crippen LogP contribution in [0, 0.1) is 0 Å². The second kappa shape index (κ2) is 7.20. The fourth-order valence-electron chi connectivity index (χ4n) is 1.97. The predicted octanol–water partition coefficient (Wildman–Crippen LogP) is 3.48. The van der Waals surface area contributed by atoms with Crippen molar-refractivity contribution in [3.8, 4) is 0 Å². The molecule has 0 fully saturated rings. The van der Waals surface area contributed by atoms with Gasteiger partial charge in [0.15, 0.2) is 0 Å². The van der Waals surface area contributed by atoms with E-state index >= 15 is 0 Å². The lowest BCUT2D eigenvalue weighted by Crippen LogP contribution is -2.16. The summed E-state index contributed by atoms with van der Waals surface area (Å²) in [5.41, 5.74) is 2.85. The first-order valence-electron chi connectivity index (χ1n) is 6.79. The van der Waals surface area contributed by atoms with Crippen LogP contribution in [0.2, 0.25) is 0 Å². The lowest BCUT2D eigenvalue weighted by atomic mass is 10.1. The number of carbonyl (C=O) groups is 1. The van der Waals surface area contributed by atoms with E-state index in [0.717, 1.165) is 17.8 Å². The van der Waals surface area contributed by atoms with Crippen LogP contribution in [-0.4, -0.2) is 23.1 Å². The summed E-state index contributed by atoms with van der Waals surface area (Å²) in [6, 6.07) is 0. The van der Waals surface area contributed by atoms with Crippen molar-refractivity contribution in [2.75, 3.05) is 6.54 Å². The van der Waals surface area contributed by atoms with Gasteiger partial charge >= 0.3 is 0 Å². The molecule has 106 valence electrons. The van der Waals surface area contributed by atoms with Gasteiger partial charge in [-0.3, -0.25) is 4.79 Å². The molecule has 21 heavy (non-hydrogen) atoms. The van der Waals surface area contributed by atoms with Gasteiger partial charge in [-0.1, -0.05) is 30.4 Å². The molecule has 0 aromatic rings. The molecule has 0 bridgehead atoms. The number of hydrogen-bond acceptors (Lipinski definition) is 2. The maximum absolute atomic E-state index is 10.9. The number of rotatable bonds is 3. The van der Waals surface area contributed by atoms with Crippen molar-refractivity contribution in [1.82, 2.24) is 4.90 Å². The summed E-state index contributed by atoms with van der Waals surface area (Å²) in [7, 11) is 0. The van der Waals surface area contributed by atoms with Gasteiger partial charge in [0.1, 0.15) is 0 Å². The molecule has 0 aromatic carbocycles. The number of carbonyl (C=O) groups excluding carboxylic acids is 1. The third-order valence-electron chi connectivity index (χ3n) is 2.93. The summed E-state index contributed by atoms with van der Waals surface area (Å²) in [5.74, 6) is -0.187. The normalized spacial score (nSPS) is 18.3. The molecule has 0 saturated carbocycles. The molecule has 0 radical (unpaired) electrons. The number of aliphatic imine (C=N–C) groups is 1. The molecule has 1 amide bonds. The zero-order valence-corrected chi connectivity index (χ0v) is 12.1. The molecule has 0 saturated heterocycles. The molecule has 0 atom stereocenters. The SMILES string of the molecule is C=CCN1C=CC=C/C1=C\C=C1C=CC(=NC(C)=O)C=C1. The van der Waals surface area contributed by atoms with Gasteiger partial charge in [0.2, 0.25) is 5.91 Å². The lowest BCUT2D eigenvalue weighted by Gasteiger charge is -2.21. The number of allylic oxidation sites excluding steroid dienone is 10.